The number of ether oxygens (including phenoxy) is 2. The zero-order valence-corrected chi connectivity index (χ0v) is 11.8. The molecule has 19 heavy (non-hydrogen) atoms. The van der Waals surface area contributed by atoms with Gasteiger partial charge in [-0.25, -0.2) is 0 Å². The Kier molecular flexibility index (Phi) is 3.65. The molecule has 1 unspecified atom stereocenters. The number of nitrogens with zero attached hydrogens (tertiary/aromatic N) is 1. The van der Waals surface area contributed by atoms with E-state index in [9.17, 15) is 0 Å². The van der Waals surface area contributed by atoms with Crippen LogP contribution in [0.4, 0.5) is 0 Å². The van der Waals surface area contributed by atoms with Crippen molar-refractivity contribution < 1.29 is 9.47 Å². The number of rotatable bonds is 2. The minimum atomic E-state index is 0.160. The molecule has 0 spiro atoms. The van der Waals surface area contributed by atoms with Gasteiger partial charge in [-0.1, -0.05) is 26.0 Å². The zero-order chi connectivity index (χ0) is 13.2. The van der Waals surface area contributed by atoms with Gasteiger partial charge in [0.05, 0.1) is 0 Å². The van der Waals surface area contributed by atoms with Crippen LogP contribution in [0.25, 0.3) is 0 Å². The number of hydrogen-bond donors (Lipinski definition) is 0. The Labute approximate surface area is 115 Å². The van der Waals surface area contributed by atoms with Gasteiger partial charge in [0.2, 0.25) is 0 Å². The Morgan fingerprint density at radius 1 is 1.11 bits per heavy atom. The third-order valence-corrected chi connectivity index (χ3v) is 3.97. The molecule has 2 aliphatic rings. The molecule has 3 atom stereocenters. The molecule has 0 bridgehead atoms. The molecule has 3 nitrogen and oxygen atoms in total. The summed E-state index contributed by atoms with van der Waals surface area (Å²) in [4.78, 5) is 2.53. The van der Waals surface area contributed by atoms with Gasteiger partial charge in [0.1, 0.15) is 12.7 Å². The largest absolute Gasteiger partial charge is 0.486 e. The van der Waals surface area contributed by atoms with Crippen LogP contribution >= 0.6 is 0 Å². The van der Waals surface area contributed by atoms with Crippen molar-refractivity contribution in [3.05, 3.63) is 24.3 Å². The van der Waals surface area contributed by atoms with Crippen molar-refractivity contribution in [2.45, 2.75) is 26.4 Å². The first-order valence-electron chi connectivity index (χ1n) is 7.31. The lowest BCUT2D eigenvalue weighted by atomic mass is 9.92. The summed E-state index contributed by atoms with van der Waals surface area (Å²) < 4.78 is 11.8. The molecule has 2 heterocycles. The van der Waals surface area contributed by atoms with Gasteiger partial charge in [-0.15, -0.1) is 0 Å². The number of fused-ring (bicyclic) bond motifs is 1. The Balaban J connectivity index is 1.60. The summed E-state index contributed by atoms with van der Waals surface area (Å²) in [5, 5.41) is 0. The molecule has 1 fully saturated rings. The molecule has 0 aromatic heterocycles. The van der Waals surface area contributed by atoms with Crippen molar-refractivity contribution in [2.24, 2.45) is 11.8 Å². The maximum absolute atomic E-state index is 6.04. The normalized spacial score (nSPS) is 31.2. The van der Waals surface area contributed by atoms with E-state index in [0.717, 1.165) is 29.9 Å². The maximum Gasteiger partial charge on any atom is 0.161 e. The molecule has 0 amide bonds. The fraction of sp³-hybridized carbons (Fsp3) is 0.625. The van der Waals surface area contributed by atoms with Gasteiger partial charge in [-0.3, -0.25) is 4.90 Å². The second-order valence-electron chi connectivity index (χ2n) is 6.16. The standard InChI is InChI=1S/C16H23NO2/c1-12-7-13(2)9-17(8-12)10-14-11-18-15-5-3-4-6-16(15)19-14/h3-6,12-14H,7-11H2,1-2H3/t12-,13+,14?. The van der Waals surface area contributed by atoms with Crippen molar-refractivity contribution >= 4 is 0 Å². The van der Waals surface area contributed by atoms with E-state index in [1.165, 1.54) is 19.5 Å². The van der Waals surface area contributed by atoms with Gasteiger partial charge >= 0.3 is 0 Å². The summed E-state index contributed by atoms with van der Waals surface area (Å²) in [6.07, 6.45) is 1.51. The monoisotopic (exact) mass is 261 g/mol. The van der Waals surface area contributed by atoms with E-state index in [4.69, 9.17) is 9.47 Å². The van der Waals surface area contributed by atoms with Crippen molar-refractivity contribution in [2.75, 3.05) is 26.2 Å². The van der Waals surface area contributed by atoms with Crippen molar-refractivity contribution in [3.63, 3.8) is 0 Å². The predicted octanol–water partition coefficient (Wildman–Crippen LogP) is 2.80. The van der Waals surface area contributed by atoms with E-state index in [1.54, 1.807) is 0 Å². The number of hydrogen-bond acceptors (Lipinski definition) is 3. The van der Waals surface area contributed by atoms with Crippen LogP contribution in [0.15, 0.2) is 24.3 Å². The van der Waals surface area contributed by atoms with E-state index >= 15 is 0 Å². The molecular formula is C16H23NO2. The van der Waals surface area contributed by atoms with E-state index in [2.05, 4.69) is 18.7 Å². The summed E-state index contributed by atoms with van der Waals surface area (Å²) in [6, 6.07) is 7.94. The smallest absolute Gasteiger partial charge is 0.161 e. The summed E-state index contributed by atoms with van der Waals surface area (Å²) in [6.45, 7) is 8.70. The molecule has 3 heteroatoms. The number of likely N-dealkylation sites (tertiary alicyclic amines) is 1. The lowest BCUT2D eigenvalue weighted by Gasteiger charge is -2.37. The van der Waals surface area contributed by atoms with Gasteiger partial charge in [-0.2, -0.15) is 0 Å². The SMILES string of the molecule is C[C@@H]1C[C@H](C)CN(CC2COc3ccccc3O2)C1. The fourth-order valence-corrected chi connectivity index (χ4v) is 3.38. The zero-order valence-electron chi connectivity index (χ0n) is 11.8. The quantitative estimate of drug-likeness (QED) is 0.817. The molecule has 0 radical (unpaired) electrons. The van der Waals surface area contributed by atoms with Crippen LogP contribution in [0.3, 0.4) is 0 Å². The van der Waals surface area contributed by atoms with E-state index in [1.807, 2.05) is 24.3 Å². The highest BCUT2D eigenvalue weighted by atomic mass is 16.6. The summed E-state index contributed by atoms with van der Waals surface area (Å²) in [5.74, 6) is 3.34. The van der Waals surface area contributed by atoms with E-state index < -0.39 is 0 Å². The van der Waals surface area contributed by atoms with Crippen molar-refractivity contribution in [1.82, 2.24) is 4.90 Å². The van der Waals surface area contributed by atoms with E-state index in [0.29, 0.717) is 6.61 Å². The molecule has 0 saturated carbocycles. The molecule has 0 N–H and O–H groups in total. The highest BCUT2D eigenvalue weighted by molar-refractivity contribution is 5.40. The Bertz CT molecular complexity index is 425. The first-order chi connectivity index (χ1) is 9.20. The number of para-hydroxylation sites is 2. The molecule has 3 rings (SSSR count). The molecular weight excluding hydrogens is 238 g/mol. The third kappa shape index (κ3) is 3.03. The van der Waals surface area contributed by atoms with Crippen LogP contribution in [0.1, 0.15) is 20.3 Å². The van der Waals surface area contributed by atoms with Crippen LogP contribution in [0.5, 0.6) is 11.5 Å². The van der Waals surface area contributed by atoms with Crippen LogP contribution in [0, 0.1) is 11.8 Å². The highest BCUT2D eigenvalue weighted by Crippen LogP contribution is 2.31. The minimum Gasteiger partial charge on any atom is -0.486 e. The van der Waals surface area contributed by atoms with Crippen LogP contribution in [-0.4, -0.2) is 37.2 Å². The van der Waals surface area contributed by atoms with Crippen LogP contribution in [-0.2, 0) is 0 Å². The molecule has 1 saturated heterocycles. The second kappa shape index (κ2) is 5.41. The van der Waals surface area contributed by atoms with Crippen molar-refractivity contribution in [1.29, 1.82) is 0 Å². The third-order valence-electron chi connectivity index (χ3n) is 3.97. The Morgan fingerprint density at radius 2 is 1.79 bits per heavy atom. The summed E-state index contributed by atoms with van der Waals surface area (Å²) >= 11 is 0. The first kappa shape index (κ1) is 12.8. The number of piperidine rings is 1. The van der Waals surface area contributed by atoms with Crippen LogP contribution < -0.4 is 9.47 Å². The second-order valence-corrected chi connectivity index (χ2v) is 6.16. The van der Waals surface area contributed by atoms with Crippen LogP contribution in [0.2, 0.25) is 0 Å². The highest BCUT2D eigenvalue weighted by Gasteiger charge is 2.27. The Morgan fingerprint density at radius 3 is 2.53 bits per heavy atom. The predicted molar refractivity (Wildman–Crippen MR) is 75.7 cm³/mol. The van der Waals surface area contributed by atoms with Gasteiger partial charge < -0.3 is 9.47 Å². The topological polar surface area (TPSA) is 21.7 Å². The summed E-state index contributed by atoms with van der Waals surface area (Å²) in [7, 11) is 0. The van der Waals surface area contributed by atoms with E-state index in [-0.39, 0.29) is 6.10 Å². The lowest BCUT2D eigenvalue weighted by Crippen LogP contribution is -2.46. The van der Waals surface area contributed by atoms with Gasteiger partial charge in [0, 0.05) is 19.6 Å². The van der Waals surface area contributed by atoms with Crippen molar-refractivity contribution in [3.8, 4) is 11.5 Å². The lowest BCUT2D eigenvalue weighted by molar-refractivity contribution is 0.0373. The molecule has 104 valence electrons. The number of benzene rings is 1. The van der Waals surface area contributed by atoms with Gasteiger partial charge in [0.25, 0.3) is 0 Å². The minimum absolute atomic E-state index is 0.160. The van der Waals surface area contributed by atoms with Gasteiger partial charge in [0.15, 0.2) is 11.5 Å². The Hall–Kier alpha value is -1.22. The fourth-order valence-electron chi connectivity index (χ4n) is 3.38. The molecule has 1 aromatic rings. The first-order valence-corrected chi connectivity index (χ1v) is 7.31. The maximum atomic E-state index is 6.04. The average molecular weight is 261 g/mol. The molecule has 1 aromatic carbocycles. The molecule has 2 aliphatic heterocycles. The molecule has 0 aliphatic carbocycles. The van der Waals surface area contributed by atoms with Gasteiger partial charge in [-0.05, 0) is 30.4 Å². The summed E-state index contributed by atoms with van der Waals surface area (Å²) in [5.41, 5.74) is 0. The average Bonchev–Trinajstić information content (AvgIpc) is 2.37.